The number of nitrogens with one attached hydrogen (secondary N) is 4. The lowest BCUT2D eigenvalue weighted by Gasteiger charge is -2.26. The van der Waals surface area contributed by atoms with Crippen LogP contribution in [0.1, 0.15) is 68.1 Å². The Labute approximate surface area is 366 Å². The summed E-state index contributed by atoms with van der Waals surface area (Å²) in [7, 11) is -13.8. The van der Waals surface area contributed by atoms with E-state index >= 15 is 0 Å². The molecule has 0 radical (unpaired) electrons. The highest BCUT2D eigenvalue weighted by molar-refractivity contribution is 8.77. The number of hydrogen-bond acceptors (Lipinski definition) is 19. The normalized spacial score (nSPS) is 19.5. The van der Waals surface area contributed by atoms with E-state index in [2.05, 4.69) is 41.9 Å². The highest BCUT2D eigenvalue weighted by atomic mass is 33.1. The Morgan fingerprint density at radius 1 is 0.968 bits per heavy atom. The van der Waals surface area contributed by atoms with Crippen molar-refractivity contribution in [3.8, 4) is 11.8 Å². The number of aromatic nitrogens is 1. The third kappa shape index (κ3) is 19.7. The number of ether oxygens (including phenoxy) is 6. The molecule has 0 saturated carbocycles. The summed E-state index contributed by atoms with van der Waals surface area (Å²) in [5.74, 6) is 5.76. The van der Waals surface area contributed by atoms with Gasteiger partial charge >= 0.3 is 34.6 Å². The smallest absolute Gasteiger partial charge is 0.450 e. The van der Waals surface area contributed by atoms with Gasteiger partial charge in [0.2, 0.25) is 0 Å². The Morgan fingerprint density at radius 2 is 1.66 bits per heavy atom. The van der Waals surface area contributed by atoms with Crippen molar-refractivity contribution in [3.63, 3.8) is 0 Å². The summed E-state index contributed by atoms with van der Waals surface area (Å²) in [5.41, 5.74) is 11.6. The Bertz CT molecular complexity index is 1830. The lowest BCUT2D eigenvalue weighted by molar-refractivity contribution is -0.0208. The monoisotopic (exact) mass is 983 g/mol. The summed E-state index contributed by atoms with van der Waals surface area (Å²) in [4.78, 5) is 73.7. The zero-order valence-electron chi connectivity index (χ0n) is 34.1. The number of amides is 3. The van der Waals surface area contributed by atoms with Crippen LogP contribution in [0.4, 0.5) is 15.4 Å². The summed E-state index contributed by atoms with van der Waals surface area (Å²) in [6.45, 7) is 6.68. The van der Waals surface area contributed by atoms with Crippen LogP contribution in [0.2, 0.25) is 0 Å². The molecule has 1 fully saturated rings. The number of hydrogen-bond donors (Lipinski definition) is 10. The summed E-state index contributed by atoms with van der Waals surface area (Å²) >= 11 is 0. The second-order valence-electron chi connectivity index (χ2n) is 13.7. The van der Waals surface area contributed by atoms with E-state index in [1.807, 2.05) is 13.8 Å². The van der Waals surface area contributed by atoms with Crippen LogP contribution < -0.4 is 32.7 Å². The lowest BCUT2D eigenvalue weighted by Crippen LogP contribution is -2.51. The van der Waals surface area contributed by atoms with Crippen molar-refractivity contribution >= 4 is 67.9 Å². The van der Waals surface area contributed by atoms with E-state index in [9.17, 15) is 37.9 Å². The minimum atomic E-state index is -5.82. The highest BCUT2D eigenvalue weighted by Crippen LogP contribution is 2.80. The second-order valence-corrected chi connectivity index (χ2v) is 23.6. The predicted molar refractivity (Wildman–Crippen MR) is 226 cm³/mol. The molecule has 12 N–H and O–H groups in total. The van der Waals surface area contributed by atoms with Gasteiger partial charge in [0.1, 0.15) is 18.0 Å². The van der Waals surface area contributed by atoms with Gasteiger partial charge in [-0.25, -0.2) is 23.3 Å². The van der Waals surface area contributed by atoms with E-state index in [1.54, 1.807) is 21.6 Å². The van der Waals surface area contributed by atoms with Crippen LogP contribution in [0.5, 0.6) is 0 Å². The first-order valence-corrected chi connectivity index (χ1v) is 26.8. The van der Waals surface area contributed by atoms with Crippen LogP contribution in [-0.4, -0.2) is 138 Å². The average Bonchev–Trinajstić information content (AvgIpc) is 3.80. The molecular formula is C32H56N7O18P3S2. The van der Waals surface area contributed by atoms with E-state index in [0.29, 0.717) is 77.7 Å². The van der Waals surface area contributed by atoms with Gasteiger partial charge in [-0.3, -0.25) is 15.1 Å². The number of carbonyl (C=O) groups is 3. The van der Waals surface area contributed by atoms with Gasteiger partial charge in [0, 0.05) is 30.6 Å². The van der Waals surface area contributed by atoms with Gasteiger partial charge in [-0.2, -0.15) is 4.31 Å². The SMILES string of the molecule is CC(C)(CCOC(=O)NCCOCCOCCN)SSCOCCCCOC(=O)NCC#Cc1cn([C@H]2CC[C@@H](COP(=O)(O)OP(=O)(O)P(=O)(O)O)O2)c2c1C(=O)NC(N)N2. The molecule has 3 heterocycles. The Morgan fingerprint density at radius 3 is 2.39 bits per heavy atom. The van der Waals surface area contributed by atoms with E-state index in [1.165, 1.54) is 10.8 Å². The molecule has 0 aliphatic carbocycles. The molecule has 1 aromatic heterocycles. The summed E-state index contributed by atoms with van der Waals surface area (Å²) < 4.78 is 77.1. The van der Waals surface area contributed by atoms with Gasteiger partial charge in [-0.1, -0.05) is 33.4 Å². The standard InChI is InChI=1S/C32H56N7O18P3S2/c1-32(2,9-15-54-31(42)36-12-17-51-19-18-50-16-10-33)62-61-22-52-13-3-4-14-53-30(41)35-11-5-6-23-20-39(27-26(23)28(40)38-29(34)37-27)25-8-7-24(56-25)21-55-59(46,47)57-60(48,49)58(43,44)45/h20,24-25,29,37H,3-4,7-19,21-22,33-34H2,1-2H3,(H,35,41)(H,36,42)(H,38,40)(H,46,47)(H,48,49)(H2,43,44,45)/t24-,25+,29?/m0/s1. The van der Waals surface area contributed by atoms with Crippen molar-refractivity contribution in [1.82, 2.24) is 20.5 Å². The van der Waals surface area contributed by atoms with Gasteiger partial charge < -0.3 is 79.6 Å². The van der Waals surface area contributed by atoms with Crippen molar-refractivity contribution in [2.75, 3.05) is 83.7 Å². The number of phosphoric ester groups is 1. The van der Waals surface area contributed by atoms with Crippen molar-refractivity contribution in [2.45, 2.75) is 69.3 Å². The molecule has 0 spiro atoms. The summed E-state index contributed by atoms with van der Waals surface area (Å²) in [5, 5.41) is 10.6. The zero-order valence-corrected chi connectivity index (χ0v) is 38.4. The van der Waals surface area contributed by atoms with Gasteiger partial charge in [0.25, 0.3) is 5.91 Å². The molecule has 25 nitrogen and oxygen atoms in total. The number of anilines is 1. The molecule has 30 heteroatoms. The van der Waals surface area contributed by atoms with Crippen molar-refractivity contribution in [3.05, 3.63) is 17.3 Å². The quantitative estimate of drug-likeness (QED) is 0.0189. The number of unbranched alkanes of at least 4 members (excludes halogenated alkanes) is 1. The van der Waals surface area contributed by atoms with Crippen LogP contribution in [0.15, 0.2) is 6.20 Å². The number of nitrogens with two attached hydrogens (primary N) is 2. The maximum absolute atomic E-state index is 12.9. The molecule has 62 heavy (non-hydrogen) atoms. The third-order valence-corrected chi connectivity index (χ3v) is 16.6. The van der Waals surface area contributed by atoms with Gasteiger partial charge in [-0.05, 0) is 46.0 Å². The Hall–Kier alpha value is -2.44. The van der Waals surface area contributed by atoms with Crippen LogP contribution in [0.25, 0.3) is 0 Å². The van der Waals surface area contributed by atoms with E-state index in [4.69, 9.17) is 49.7 Å². The number of nitrogens with zero attached hydrogens (tertiary/aromatic N) is 1. The van der Waals surface area contributed by atoms with Crippen LogP contribution in [0.3, 0.4) is 0 Å². The van der Waals surface area contributed by atoms with Crippen LogP contribution in [-0.2, 0) is 51.0 Å². The minimum absolute atomic E-state index is 0.116. The molecule has 354 valence electrons. The van der Waals surface area contributed by atoms with Crippen molar-refractivity contribution in [1.29, 1.82) is 0 Å². The molecule has 5 atom stereocenters. The van der Waals surface area contributed by atoms with E-state index in [0.717, 1.165) is 0 Å². The van der Waals surface area contributed by atoms with Gasteiger partial charge in [0.05, 0.1) is 70.0 Å². The average molecular weight is 984 g/mol. The topological polar surface area (TPSA) is 362 Å². The molecule has 3 unspecified atom stereocenters. The zero-order chi connectivity index (χ0) is 45.8. The first kappa shape index (κ1) is 53.9. The minimum Gasteiger partial charge on any atom is -0.450 e. The summed E-state index contributed by atoms with van der Waals surface area (Å²) in [6, 6.07) is 0. The van der Waals surface area contributed by atoms with Gasteiger partial charge in [-0.15, -0.1) is 0 Å². The molecule has 0 bridgehead atoms. The Kier molecular flexibility index (Phi) is 23.0. The lowest BCUT2D eigenvalue weighted by atomic mass is 10.1. The van der Waals surface area contributed by atoms with E-state index < -0.39 is 65.7 Å². The maximum Gasteiger partial charge on any atom is 0.479 e. The third-order valence-electron chi connectivity index (χ3n) is 8.16. The first-order chi connectivity index (χ1) is 29.2. The number of rotatable bonds is 28. The van der Waals surface area contributed by atoms with E-state index in [-0.39, 0.29) is 47.9 Å². The molecule has 2 aliphatic rings. The highest BCUT2D eigenvalue weighted by Gasteiger charge is 2.48. The van der Waals surface area contributed by atoms with Crippen molar-refractivity contribution in [2.24, 2.45) is 11.5 Å². The fraction of sp³-hybridized carbons (Fsp3) is 0.719. The second kappa shape index (κ2) is 26.5. The van der Waals surface area contributed by atoms with Crippen LogP contribution in [0, 0.1) is 11.8 Å². The predicted octanol–water partition coefficient (Wildman–Crippen LogP) is 2.08. The molecule has 2 aliphatic heterocycles. The number of carbonyl (C=O) groups excluding carboxylic acids is 3. The van der Waals surface area contributed by atoms with Gasteiger partial charge in [0.15, 0.2) is 6.29 Å². The molecule has 3 rings (SSSR count). The van der Waals surface area contributed by atoms with Crippen molar-refractivity contribution < 1.29 is 84.9 Å². The summed E-state index contributed by atoms with van der Waals surface area (Å²) in [6.07, 6.45) is 0.0925. The molecular weight excluding hydrogens is 927 g/mol. The first-order valence-electron chi connectivity index (χ1n) is 19.1. The number of fused-ring (bicyclic) bond motifs is 1. The Balaban J connectivity index is 1.30. The number of phosphoric acid groups is 1. The fourth-order valence-electron chi connectivity index (χ4n) is 5.18. The molecule has 1 saturated heterocycles. The maximum atomic E-state index is 12.9. The number of alkyl carbamates (subject to hydrolysis) is 2. The molecule has 0 aromatic carbocycles. The fourth-order valence-corrected chi connectivity index (χ4v) is 11.1. The molecule has 3 amide bonds. The van der Waals surface area contributed by atoms with Crippen LogP contribution >= 0.6 is 44.0 Å². The largest absolute Gasteiger partial charge is 0.479 e. The molecule has 1 aromatic rings.